The Balaban J connectivity index is 1.54. The minimum Gasteiger partial charge on any atom is -0.457 e. The highest BCUT2D eigenvalue weighted by Gasteiger charge is 2.39. The van der Waals surface area contributed by atoms with Gasteiger partial charge in [-0.05, 0) is 83.0 Å². The molecule has 0 aromatic heterocycles. The molecule has 3 aromatic rings. The van der Waals surface area contributed by atoms with Crippen LogP contribution in [0.5, 0.6) is 5.75 Å². The summed E-state index contributed by atoms with van der Waals surface area (Å²) in [6.07, 6.45) is 6.03. The molecule has 39 heavy (non-hydrogen) atoms. The molecule has 0 unspecified atom stereocenters. The van der Waals surface area contributed by atoms with Crippen LogP contribution in [-0.4, -0.2) is 12.1 Å². The van der Waals surface area contributed by atoms with Gasteiger partial charge in [-0.15, -0.1) is 0 Å². The number of hydrogen-bond acceptors (Lipinski definition) is 4. The third-order valence-corrected chi connectivity index (χ3v) is 7.82. The van der Waals surface area contributed by atoms with Gasteiger partial charge in [-0.3, -0.25) is 5.32 Å². The van der Waals surface area contributed by atoms with Crippen LogP contribution in [0.2, 0.25) is 0 Å². The molecule has 0 heterocycles. The molecule has 0 saturated heterocycles. The number of unbranched alkanes of at least 4 members (excludes halogenated alkanes) is 2. The minimum absolute atomic E-state index is 0.0149. The van der Waals surface area contributed by atoms with Gasteiger partial charge in [0.1, 0.15) is 17.9 Å². The van der Waals surface area contributed by atoms with Gasteiger partial charge in [-0.1, -0.05) is 89.9 Å². The number of para-hydroxylation sites is 1. The maximum absolute atomic E-state index is 13.1. The molecule has 0 aliphatic heterocycles. The summed E-state index contributed by atoms with van der Waals surface area (Å²) >= 11 is 0. The first-order valence-corrected chi connectivity index (χ1v) is 14.1. The van der Waals surface area contributed by atoms with Crippen LogP contribution in [0.3, 0.4) is 0 Å². The molecule has 0 radical (unpaired) electrons. The number of aryl methyl sites for hydroxylation is 1. The van der Waals surface area contributed by atoms with Crippen molar-refractivity contribution in [2.45, 2.75) is 90.6 Å². The summed E-state index contributed by atoms with van der Waals surface area (Å²) in [5, 5.41) is 2.95. The Bertz CT molecular complexity index is 1310. The molecule has 1 N–H and O–H groups in total. The second-order valence-electron chi connectivity index (χ2n) is 11.9. The van der Waals surface area contributed by atoms with E-state index in [0.29, 0.717) is 0 Å². The molecule has 0 bridgehead atoms. The molecule has 0 fully saturated rings. The van der Waals surface area contributed by atoms with Crippen LogP contribution in [0.1, 0.15) is 99.3 Å². The number of hydrogen-bond donors (Lipinski definition) is 1. The summed E-state index contributed by atoms with van der Waals surface area (Å²) in [5.74, 6) is -0.381. The second kappa shape index (κ2) is 12.1. The predicted molar refractivity (Wildman–Crippen MR) is 157 cm³/mol. The average Bonchev–Trinajstić information content (AvgIpc) is 2.91. The van der Waals surface area contributed by atoms with Crippen molar-refractivity contribution in [3.8, 4) is 5.75 Å². The Hall–Kier alpha value is -3.60. The minimum atomic E-state index is -0.634. The van der Waals surface area contributed by atoms with Crippen molar-refractivity contribution in [3.63, 3.8) is 0 Å². The Morgan fingerprint density at radius 3 is 2.31 bits per heavy atom. The van der Waals surface area contributed by atoms with Crippen molar-refractivity contribution in [2.24, 2.45) is 0 Å². The van der Waals surface area contributed by atoms with Gasteiger partial charge in [0.15, 0.2) is 0 Å². The number of rotatable bonds is 9. The summed E-state index contributed by atoms with van der Waals surface area (Å²) in [7, 11) is 0. The number of fused-ring (bicyclic) bond motifs is 1. The topological polar surface area (TPSA) is 64.6 Å². The van der Waals surface area contributed by atoms with E-state index in [1.165, 1.54) is 23.1 Å². The van der Waals surface area contributed by atoms with Crippen molar-refractivity contribution in [3.05, 3.63) is 94.5 Å². The van der Waals surface area contributed by atoms with Gasteiger partial charge in [-0.25, -0.2) is 9.59 Å². The molecule has 3 aromatic carbocycles. The average molecular weight is 528 g/mol. The van der Waals surface area contributed by atoms with Gasteiger partial charge in [0, 0.05) is 5.69 Å². The summed E-state index contributed by atoms with van der Waals surface area (Å²) in [5.41, 5.74) is 5.95. The standard InChI is InChI=1S/C34H41NO4/c1-6-7-9-16-25-21-26(22-28-30(25)34(4,5)20-19-33(28,2)3)35-32(37)39-29-18-13-12-17-27(29)31(36)38-23-24-14-10-8-11-15-24/h8,10-15,17-18,21-22H,6-7,9,16,19-20,23H2,1-5H3,(H,35,37). The number of nitrogens with one attached hydrogen (secondary N) is 1. The van der Waals surface area contributed by atoms with Gasteiger partial charge in [0.25, 0.3) is 0 Å². The van der Waals surface area contributed by atoms with E-state index in [-0.39, 0.29) is 28.7 Å². The van der Waals surface area contributed by atoms with Gasteiger partial charge >= 0.3 is 12.1 Å². The van der Waals surface area contributed by atoms with Crippen molar-refractivity contribution in [1.82, 2.24) is 0 Å². The van der Waals surface area contributed by atoms with E-state index in [1.807, 2.05) is 30.3 Å². The van der Waals surface area contributed by atoms with Gasteiger partial charge < -0.3 is 9.47 Å². The maximum Gasteiger partial charge on any atom is 0.417 e. The molecule has 5 heteroatoms. The summed E-state index contributed by atoms with van der Waals surface area (Å²) in [6.45, 7) is 11.6. The Kier molecular flexibility index (Phi) is 8.79. The fourth-order valence-electron chi connectivity index (χ4n) is 5.52. The summed E-state index contributed by atoms with van der Waals surface area (Å²) < 4.78 is 11.1. The SMILES string of the molecule is CCCCCc1cc(NC(=O)Oc2ccccc2C(=O)OCc2ccccc2)cc2c1C(C)(C)CCC2(C)C. The quantitative estimate of drug-likeness (QED) is 0.223. The van der Waals surface area contributed by atoms with Gasteiger partial charge in [0.05, 0.1) is 0 Å². The van der Waals surface area contributed by atoms with Crippen LogP contribution in [-0.2, 0) is 28.6 Å². The number of carbonyl (C=O) groups excluding carboxylic acids is 2. The number of ether oxygens (including phenoxy) is 2. The zero-order valence-corrected chi connectivity index (χ0v) is 23.9. The van der Waals surface area contributed by atoms with Crippen LogP contribution in [0, 0.1) is 0 Å². The molecule has 1 aliphatic rings. The molecule has 4 rings (SSSR count). The molecule has 1 amide bonds. The van der Waals surface area contributed by atoms with E-state index in [9.17, 15) is 9.59 Å². The van der Waals surface area contributed by atoms with Gasteiger partial charge in [0.2, 0.25) is 0 Å². The zero-order chi connectivity index (χ0) is 28.0. The maximum atomic E-state index is 13.1. The smallest absolute Gasteiger partial charge is 0.417 e. The van der Waals surface area contributed by atoms with Crippen molar-refractivity contribution in [1.29, 1.82) is 0 Å². The fraction of sp³-hybridized carbons (Fsp3) is 0.412. The molecule has 1 aliphatic carbocycles. The Labute approximate surface area is 232 Å². The first kappa shape index (κ1) is 28.4. The third kappa shape index (κ3) is 6.89. The molecule has 0 atom stereocenters. The van der Waals surface area contributed by atoms with E-state index in [0.717, 1.165) is 43.4 Å². The molecule has 0 saturated carbocycles. The fourth-order valence-corrected chi connectivity index (χ4v) is 5.52. The summed E-state index contributed by atoms with van der Waals surface area (Å²) in [4.78, 5) is 25.9. The monoisotopic (exact) mass is 527 g/mol. The highest BCUT2D eigenvalue weighted by atomic mass is 16.6. The van der Waals surface area contributed by atoms with E-state index in [1.54, 1.807) is 24.3 Å². The van der Waals surface area contributed by atoms with Crippen molar-refractivity contribution >= 4 is 17.7 Å². The lowest BCUT2D eigenvalue weighted by atomic mass is 9.61. The first-order valence-electron chi connectivity index (χ1n) is 14.1. The lowest BCUT2D eigenvalue weighted by molar-refractivity contribution is 0.0470. The van der Waals surface area contributed by atoms with Crippen LogP contribution in [0.4, 0.5) is 10.5 Å². The Morgan fingerprint density at radius 2 is 1.56 bits per heavy atom. The Morgan fingerprint density at radius 1 is 0.872 bits per heavy atom. The van der Waals surface area contributed by atoms with Crippen LogP contribution < -0.4 is 10.1 Å². The van der Waals surface area contributed by atoms with Crippen LogP contribution in [0.15, 0.2) is 66.7 Å². The molecular weight excluding hydrogens is 486 g/mol. The molecule has 5 nitrogen and oxygen atoms in total. The van der Waals surface area contributed by atoms with Gasteiger partial charge in [-0.2, -0.15) is 0 Å². The van der Waals surface area contributed by atoms with Crippen molar-refractivity contribution < 1.29 is 19.1 Å². The van der Waals surface area contributed by atoms with E-state index < -0.39 is 12.1 Å². The number of anilines is 1. The first-order chi connectivity index (χ1) is 18.6. The van der Waals surface area contributed by atoms with Crippen LogP contribution >= 0.6 is 0 Å². The summed E-state index contributed by atoms with van der Waals surface area (Å²) in [6, 6.07) is 20.3. The zero-order valence-electron chi connectivity index (χ0n) is 23.9. The normalized spacial score (nSPS) is 15.2. The lowest BCUT2D eigenvalue weighted by Gasteiger charge is -2.43. The largest absolute Gasteiger partial charge is 0.457 e. The van der Waals surface area contributed by atoms with E-state index in [4.69, 9.17) is 9.47 Å². The lowest BCUT2D eigenvalue weighted by Crippen LogP contribution is -2.35. The number of amides is 1. The molecule has 206 valence electrons. The number of carbonyl (C=O) groups is 2. The highest BCUT2D eigenvalue weighted by molar-refractivity contribution is 5.94. The number of benzene rings is 3. The van der Waals surface area contributed by atoms with E-state index in [2.05, 4.69) is 52.1 Å². The molecule has 0 spiro atoms. The van der Waals surface area contributed by atoms with E-state index >= 15 is 0 Å². The van der Waals surface area contributed by atoms with Crippen molar-refractivity contribution in [2.75, 3.05) is 5.32 Å². The second-order valence-corrected chi connectivity index (χ2v) is 11.9. The number of esters is 1. The predicted octanol–water partition coefficient (Wildman–Crippen LogP) is 8.74. The van der Waals surface area contributed by atoms with Crippen LogP contribution in [0.25, 0.3) is 0 Å². The highest BCUT2D eigenvalue weighted by Crippen LogP contribution is 2.48. The molecular formula is C34H41NO4. The third-order valence-electron chi connectivity index (χ3n) is 7.82.